The Morgan fingerprint density at radius 3 is 2.50 bits per heavy atom. The van der Waals surface area contributed by atoms with Crippen molar-refractivity contribution in [3.05, 3.63) is 23.9 Å². The molecule has 0 aromatic carbocycles. The Morgan fingerprint density at radius 1 is 1.60 bits per heavy atom. The number of allylic oxidation sites excluding steroid dienone is 1. The smallest absolute Gasteiger partial charge is 0.250 e. The Balaban J connectivity index is 4.12. The Morgan fingerprint density at radius 2 is 2.20 bits per heavy atom. The van der Waals surface area contributed by atoms with Crippen LogP contribution >= 0.6 is 0 Å². The average molecular weight is 140 g/mol. The van der Waals surface area contributed by atoms with E-state index in [1.54, 1.807) is 6.08 Å². The van der Waals surface area contributed by atoms with Crippen LogP contribution in [0.15, 0.2) is 23.9 Å². The van der Waals surface area contributed by atoms with Crippen LogP contribution in [0.25, 0.3) is 0 Å². The highest BCUT2D eigenvalue weighted by atomic mass is 16.1. The van der Waals surface area contributed by atoms with Crippen LogP contribution in [-0.4, -0.2) is 5.91 Å². The Kier molecular flexibility index (Phi) is 4.04. The summed E-state index contributed by atoms with van der Waals surface area (Å²) in [5.74, 6) is -0.493. The molecule has 0 radical (unpaired) electrons. The van der Waals surface area contributed by atoms with Crippen LogP contribution in [0.5, 0.6) is 0 Å². The predicted molar refractivity (Wildman–Crippen MR) is 40.9 cm³/mol. The number of hydrogen-bond donors (Lipinski definition) is 2. The SMILES string of the molecule is CC/C=C\C(=C/N)C(N)=O. The molecule has 0 rings (SSSR count). The van der Waals surface area contributed by atoms with E-state index in [0.717, 1.165) is 6.42 Å². The number of carbonyl (C=O) groups is 1. The summed E-state index contributed by atoms with van der Waals surface area (Å²) >= 11 is 0. The van der Waals surface area contributed by atoms with E-state index in [2.05, 4.69) is 0 Å². The van der Waals surface area contributed by atoms with Crippen molar-refractivity contribution in [3.8, 4) is 0 Å². The first-order valence-electron chi connectivity index (χ1n) is 3.10. The summed E-state index contributed by atoms with van der Waals surface area (Å²) in [5, 5.41) is 0. The molecular weight excluding hydrogens is 128 g/mol. The minimum atomic E-state index is -0.493. The maximum atomic E-state index is 10.5. The normalized spacial score (nSPS) is 12.3. The van der Waals surface area contributed by atoms with Crippen LogP contribution in [0.1, 0.15) is 13.3 Å². The Bertz CT molecular complexity index is 170. The number of rotatable bonds is 3. The van der Waals surface area contributed by atoms with Gasteiger partial charge in [-0.2, -0.15) is 0 Å². The Labute approximate surface area is 60.4 Å². The molecule has 0 saturated carbocycles. The molecule has 0 bridgehead atoms. The number of nitrogens with two attached hydrogens (primary N) is 2. The van der Waals surface area contributed by atoms with Gasteiger partial charge in [-0.05, 0) is 6.42 Å². The Hall–Kier alpha value is -1.25. The number of amides is 1. The van der Waals surface area contributed by atoms with Gasteiger partial charge in [0.1, 0.15) is 0 Å². The van der Waals surface area contributed by atoms with E-state index in [1.165, 1.54) is 6.20 Å². The minimum absolute atomic E-state index is 0.349. The number of carbonyl (C=O) groups excluding carboxylic acids is 1. The van der Waals surface area contributed by atoms with Gasteiger partial charge in [0.15, 0.2) is 0 Å². The van der Waals surface area contributed by atoms with E-state index in [1.807, 2.05) is 13.0 Å². The summed E-state index contributed by atoms with van der Waals surface area (Å²) in [6.45, 7) is 1.96. The quantitative estimate of drug-likeness (QED) is 0.436. The maximum absolute atomic E-state index is 10.5. The fourth-order valence-electron chi connectivity index (χ4n) is 0.465. The maximum Gasteiger partial charge on any atom is 0.250 e. The zero-order valence-electron chi connectivity index (χ0n) is 6.00. The van der Waals surface area contributed by atoms with Crippen molar-refractivity contribution in [2.24, 2.45) is 11.5 Å². The standard InChI is InChI=1S/C7H12N2O/c1-2-3-4-6(5-8)7(9)10/h3-5H,2,8H2,1H3,(H2,9,10)/b4-3-,6-5+. The van der Waals surface area contributed by atoms with Gasteiger partial charge in [-0.3, -0.25) is 4.79 Å². The topological polar surface area (TPSA) is 69.1 Å². The van der Waals surface area contributed by atoms with Gasteiger partial charge in [0.25, 0.3) is 0 Å². The zero-order chi connectivity index (χ0) is 7.98. The van der Waals surface area contributed by atoms with Crippen molar-refractivity contribution in [2.75, 3.05) is 0 Å². The van der Waals surface area contributed by atoms with Gasteiger partial charge >= 0.3 is 0 Å². The van der Waals surface area contributed by atoms with Gasteiger partial charge in [0.2, 0.25) is 5.91 Å². The van der Waals surface area contributed by atoms with E-state index >= 15 is 0 Å². The molecule has 1 amide bonds. The molecule has 3 heteroatoms. The number of primary amides is 1. The fraction of sp³-hybridized carbons (Fsp3) is 0.286. The monoisotopic (exact) mass is 140 g/mol. The van der Waals surface area contributed by atoms with Gasteiger partial charge in [0, 0.05) is 6.20 Å². The third-order valence-corrected chi connectivity index (χ3v) is 0.997. The molecule has 56 valence electrons. The second-order valence-corrected chi connectivity index (χ2v) is 1.80. The van der Waals surface area contributed by atoms with Crippen molar-refractivity contribution < 1.29 is 4.79 Å². The van der Waals surface area contributed by atoms with Crippen LogP contribution in [0.2, 0.25) is 0 Å². The molecule has 4 N–H and O–H groups in total. The van der Waals surface area contributed by atoms with E-state index in [4.69, 9.17) is 11.5 Å². The third-order valence-electron chi connectivity index (χ3n) is 0.997. The van der Waals surface area contributed by atoms with Crippen LogP contribution < -0.4 is 11.5 Å². The molecule has 0 fully saturated rings. The first kappa shape index (κ1) is 8.75. The molecule has 3 nitrogen and oxygen atoms in total. The molecule has 0 unspecified atom stereocenters. The summed E-state index contributed by atoms with van der Waals surface area (Å²) in [4.78, 5) is 10.5. The summed E-state index contributed by atoms with van der Waals surface area (Å²) in [7, 11) is 0. The molecule has 0 aliphatic rings. The predicted octanol–water partition coefficient (Wildman–Crippen LogP) is 0.281. The van der Waals surface area contributed by atoms with Crippen molar-refractivity contribution in [1.82, 2.24) is 0 Å². The van der Waals surface area contributed by atoms with Crippen LogP contribution in [0.4, 0.5) is 0 Å². The molecule has 0 saturated heterocycles. The van der Waals surface area contributed by atoms with Crippen LogP contribution in [0, 0.1) is 0 Å². The second-order valence-electron chi connectivity index (χ2n) is 1.80. The van der Waals surface area contributed by atoms with Gasteiger partial charge in [-0.15, -0.1) is 0 Å². The van der Waals surface area contributed by atoms with Crippen LogP contribution in [0.3, 0.4) is 0 Å². The molecular formula is C7H12N2O. The highest BCUT2D eigenvalue weighted by molar-refractivity contribution is 5.94. The van der Waals surface area contributed by atoms with Gasteiger partial charge in [-0.1, -0.05) is 19.1 Å². The van der Waals surface area contributed by atoms with E-state index in [-0.39, 0.29) is 0 Å². The van der Waals surface area contributed by atoms with E-state index in [9.17, 15) is 4.79 Å². The second kappa shape index (κ2) is 4.61. The van der Waals surface area contributed by atoms with Crippen molar-refractivity contribution >= 4 is 5.91 Å². The molecule has 0 aliphatic carbocycles. The lowest BCUT2D eigenvalue weighted by Gasteiger charge is -1.90. The first-order valence-corrected chi connectivity index (χ1v) is 3.10. The van der Waals surface area contributed by atoms with Crippen molar-refractivity contribution in [3.63, 3.8) is 0 Å². The van der Waals surface area contributed by atoms with Gasteiger partial charge in [0.05, 0.1) is 5.57 Å². The van der Waals surface area contributed by atoms with Gasteiger partial charge < -0.3 is 11.5 Å². The summed E-state index contributed by atoms with van der Waals surface area (Å²) in [6, 6.07) is 0. The minimum Gasteiger partial charge on any atom is -0.404 e. The molecule has 10 heavy (non-hydrogen) atoms. The lowest BCUT2D eigenvalue weighted by Crippen LogP contribution is -2.13. The third kappa shape index (κ3) is 2.91. The summed E-state index contributed by atoms with van der Waals surface area (Å²) in [5.41, 5.74) is 10.4. The number of hydrogen-bond acceptors (Lipinski definition) is 2. The zero-order valence-corrected chi connectivity index (χ0v) is 6.00. The highest BCUT2D eigenvalue weighted by Crippen LogP contribution is 1.93. The molecule has 0 aromatic heterocycles. The van der Waals surface area contributed by atoms with E-state index < -0.39 is 5.91 Å². The lowest BCUT2D eigenvalue weighted by atomic mass is 10.2. The molecule has 0 heterocycles. The van der Waals surface area contributed by atoms with Gasteiger partial charge in [-0.25, -0.2) is 0 Å². The van der Waals surface area contributed by atoms with Crippen molar-refractivity contribution in [1.29, 1.82) is 0 Å². The fourth-order valence-corrected chi connectivity index (χ4v) is 0.465. The van der Waals surface area contributed by atoms with Crippen molar-refractivity contribution in [2.45, 2.75) is 13.3 Å². The summed E-state index contributed by atoms with van der Waals surface area (Å²) < 4.78 is 0. The molecule has 0 atom stereocenters. The van der Waals surface area contributed by atoms with Crippen LogP contribution in [-0.2, 0) is 4.79 Å². The molecule has 0 aromatic rings. The lowest BCUT2D eigenvalue weighted by molar-refractivity contribution is -0.114. The molecule has 0 spiro atoms. The first-order chi connectivity index (χ1) is 4.72. The largest absolute Gasteiger partial charge is 0.404 e. The average Bonchev–Trinajstić information content (AvgIpc) is 1.89. The summed E-state index contributed by atoms with van der Waals surface area (Å²) in [6.07, 6.45) is 5.50. The molecule has 0 aliphatic heterocycles. The van der Waals surface area contributed by atoms with E-state index in [0.29, 0.717) is 5.57 Å². The highest BCUT2D eigenvalue weighted by Gasteiger charge is 1.96.